The predicted molar refractivity (Wildman–Crippen MR) is 108 cm³/mol. The van der Waals surface area contributed by atoms with Crippen LogP contribution in [0.4, 0.5) is 0 Å². The molecule has 0 aromatic carbocycles. The summed E-state index contributed by atoms with van der Waals surface area (Å²) in [4.78, 5) is 24.8. The van der Waals surface area contributed by atoms with Crippen LogP contribution in [-0.2, 0) is 19.1 Å². The topological polar surface area (TPSA) is 52.6 Å². The van der Waals surface area contributed by atoms with E-state index >= 15 is 0 Å². The van der Waals surface area contributed by atoms with E-state index in [1.54, 1.807) is 0 Å². The van der Waals surface area contributed by atoms with Crippen LogP contribution in [0.25, 0.3) is 0 Å². The molecule has 160 valence electrons. The summed E-state index contributed by atoms with van der Waals surface area (Å²) in [6.45, 7) is 0.347. The fraction of sp³-hybridized carbons (Fsp3) is 0.920. The molecule has 0 saturated heterocycles. The van der Waals surface area contributed by atoms with Crippen molar-refractivity contribution >= 4 is 11.9 Å². The normalized spacial score (nSPS) is 48.7. The minimum atomic E-state index is -0.348. The van der Waals surface area contributed by atoms with Crippen LogP contribution in [0.1, 0.15) is 83.5 Å². The molecule has 0 aliphatic heterocycles. The number of carbonyl (C=O) groups excluding carboxylic acids is 2. The van der Waals surface area contributed by atoms with Crippen molar-refractivity contribution in [3.63, 3.8) is 0 Å². The fourth-order valence-corrected chi connectivity index (χ4v) is 9.75. The third kappa shape index (κ3) is 3.53. The number of hydrogen-bond donors (Lipinski definition) is 0. The molecule has 0 amide bonds. The van der Waals surface area contributed by atoms with Gasteiger partial charge < -0.3 is 9.47 Å². The van der Waals surface area contributed by atoms with Crippen molar-refractivity contribution in [1.82, 2.24) is 0 Å². The summed E-state index contributed by atoms with van der Waals surface area (Å²) < 4.78 is 11.1. The number of ether oxygens (including phenoxy) is 2. The summed E-state index contributed by atoms with van der Waals surface area (Å²) in [5, 5.41) is 0. The van der Waals surface area contributed by atoms with E-state index in [0.29, 0.717) is 13.0 Å². The molecular formula is C25H36O4. The van der Waals surface area contributed by atoms with E-state index in [-0.39, 0.29) is 29.4 Å². The molecule has 0 atom stereocenters. The Labute approximate surface area is 174 Å². The van der Waals surface area contributed by atoms with Gasteiger partial charge in [0.05, 0.1) is 13.0 Å². The zero-order valence-electron chi connectivity index (χ0n) is 17.7. The van der Waals surface area contributed by atoms with Gasteiger partial charge >= 0.3 is 11.9 Å². The highest BCUT2D eigenvalue weighted by atomic mass is 16.6. The highest BCUT2D eigenvalue weighted by molar-refractivity contribution is 5.76. The summed E-state index contributed by atoms with van der Waals surface area (Å²) in [5.41, 5.74) is 0.405. The van der Waals surface area contributed by atoms with E-state index in [1.807, 2.05) is 0 Å². The monoisotopic (exact) mass is 400 g/mol. The first-order chi connectivity index (χ1) is 14.0. The maximum absolute atomic E-state index is 12.5. The van der Waals surface area contributed by atoms with Gasteiger partial charge in [0.25, 0.3) is 0 Å². The van der Waals surface area contributed by atoms with Crippen LogP contribution < -0.4 is 0 Å². The molecule has 0 aromatic heterocycles. The van der Waals surface area contributed by atoms with Gasteiger partial charge in [-0.15, -0.1) is 0 Å². The van der Waals surface area contributed by atoms with E-state index in [9.17, 15) is 9.59 Å². The lowest BCUT2D eigenvalue weighted by Gasteiger charge is -2.56. The summed E-state index contributed by atoms with van der Waals surface area (Å²) in [5.74, 6) is 4.55. The second-order valence-electron chi connectivity index (χ2n) is 12.3. The van der Waals surface area contributed by atoms with Crippen LogP contribution in [0.15, 0.2) is 0 Å². The van der Waals surface area contributed by atoms with Crippen LogP contribution in [0.2, 0.25) is 0 Å². The number of rotatable bonds is 6. The number of carbonyl (C=O) groups is 2. The lowest BCUT2D eigenvalue weighted by molar-refractivity contribution is -0.168. The van der Waals surface area contributed by atoms with Crippen LogP contribution in [0, 0.1) is 46.3 Å². The van der Waals surface area contributed by atoms with Crippen molar-refractivity contribution in [3.05, 3.63) is 0 Å². The Balaban J connectivity index is 0.977. The Hall–Kier alpha value is -1.06. The molecule has 0 radical (unpaired) electrons. The minimum absolute atomic E-state index is 0.176. The first-order valence-corrected chi connectivity index (χ1v) is 12.3. The first-order valence-electron chi connectivity index (χ1n) is 12.3. The van der Waals surface area contributed by atoms with Crippen LogP contribution in [0.3, 0.4) is 0 Å². The maximum Gasteiger partial charge on any atom is 0.344 e. The molecule has 0 N–H and O–H groups in total. The molecule has 8 rings (SSSR count). The number of hydrogen-bond acceptors (Lipinski definition) is 4. The van der Waals surface area contributed by atoms with Crippen LogP contribution in [-0.4, -0.2) is 25.2 Å². The Bertz CT molecular complexity index is 624. The highest BCUT2D eigenvalue weighted by Crippen LogP contribution is 2.62. The van der Waals surface area contributed by atoms with Gasteiger partial charge in [-0.2, -0.15) is 0 Å². The molecule has 0 aromatic rings. The third-order valence-electron chi connectivity index (χ3n) is 9.74. The largest absolute Gasteiger partial charge is 0.463 e. The van der Waals surface area contributed by atoms with Gasteiger partial charge in [0.2, 0.25) is 0 Å². The van der Waals surface area contributed by atoms with Crippen molar-refractivity contribution in [1.29, 1.82) is 0 Å². The Kier molecular flexibility index (Phi) is 4.33. The zero-order chi connectivity index (χ0) is 19.6. The van der Waals surface area contributed by atoms with Crippen molar-refractivity contribution in [2.75, 3.05) is 13.2 Å². The highest BCUT2D eigenvalue weighted by Gasteiger charge is 2.52. The molecule has 8 saturated carbocycles. The summed E-state index contributed by atoms with van der Waals surface area (Å²) >= 11 is 0. The molecular weight excluding hydrogens is 364 g/mol. The quantitative estimate of drug-likeness (QED) is 0.595. The minimum Gasteiger partial charge on any atom is -0.463 e. The average Bonchev–Trinajstić information content (AvgIpc) is 2.62. The molecule has 29 heavy (non-hydrogen) atoms. The SMILES string of the molecule is O=C(COC(=O)CC12CC3CC(CC(C3)C1)C2)OCC12CC3CC(CC(C3)C1)C2. The van der Waals surface area contributed by atoms with Gasteiger partial charge in [-0.05, 0) is 118 Å². The third-order valence-corrected chi connectivity index (χ3v) is 9.74. The van der Waals surface area contributed by atoms with E-state index < -0.39 is 0 Å². The Morgan fingerprint density at radius 2 is 1.00 bits per heavy atom. The second kappa shape index (κ2) is 6.72. The molecule has 8 aliphatic carbocycles. The molecule has 0 unspecified atom stereocenters. The summed E-state index contributed by atoms with van der Waals surface area (Å²) in [6.07, 6.45) is 16.1. The molecule has 8 bridgehead atoms. The van der Waals surface area contributed by atoms with Gasteiger partial charge in [-0.25, -0.2) is 4.79 Å². The summed E-state index contributed by atoms with van der Waals surface area (Å²) in [7, 11) is 0. The van der Waals surface area contributed by atoms with Gasteiger partial charge in [0, 0.05) is 5.41 Å². The van der Waals surface area contributed by atoms with Crippen molar-refractivity contribution in [3.8, 4) is 0 Å². The van der Waals surface area contributed by atoms with Crippen molar-refractivity contribution in [2.24, 2.45) is 46.3 Å². The molecule has 4 heteroatoms. The molecule has 0 spiro atoms. The smallest absolute Gasteiger partial charge is 0.344 e. The zero-order valence-corrected chi connectivity index (χ0v) is 17.7. The lowest BCUT2D eigenvalue weighted by Crippen LogP contribution is -2.48. The Morgan fingerprint density at radius 1 is 0.586 bits per heavy atom. The lowest BCUT2D eigenvalue weighted by atomic mass is 9.49. The molecule has 4 nitrogen and oxygen atoms in total. The fourth-order valence-electron chi connectivity index (χ4n) is 9.75. The van der Waals surface area contributed by atoms with Crippen molar-refractivity contribution in [2.45, 2.75) is 83.5 Å². The predicted octanol–water partition coefficient (Wildman–Crippen LogP) is 4.90. The first kappa shape index (κ1) is 18.7. The van der Waals surface area contributed by atoms with E-state index in [4.69, 9.17) is 9.47 Å². The maximum atomic E-state index is 12.5. The van der Waals surface area contributed by atoms with Crippen molar-refractivity contribution < 1.29 is 19.1 Å². The van der Waals surface area contributed by atoms with E-state index in [2.05, 4.69) is 0 Å². The van der Waals surface area contributed by atoms with E-state index in [0.717, 1.165) is 35.5 Å². The second-order valence-corrected chi connectivity index (χ2v) is 12.3. The van der Waals surface area contributed by atoms with Gasteiger partial charge in [0.1, 0.15) is 0 Å². The average molecular weight is 401 g/mol. The Morgan fingerprint density at radius 3 is 1.45 bits per heavy atom. The van der Waals surface area contributed by atoms with Crippen LogP contribution in [0.5, 0.6) is 0 Å². The van der Waals surface area contributed by atoms with Gasteiger partial charge in [-0.1, -0.05) is 0 Å². The van der Waals surface area contributed by atoms with E-state index in [1.165, 1.54) is 77.0 Å². The number of esters is 2. The molecule has 8 aliphatic rings. The summed E-state index contributed by atoms with van der Waals surface area (Å²) in [6, 6.07) is 0. The molecule has 0 heterocycles. The van der Waals surface area contributed by atoms with Gasteiger partial charge in [-0.3, -0.25) is 4.79 Å². The molecule has 8 fully saturated rings. The standard InChI is InChI=1S/C25H36O4/c26-22(13-24-7-16-1-17(8-24)3-18(2-16)9-24)28-14-23(27)29-15-25-10-19-4-20(11-25)6-21(5-19)12-25/h16-21H,1-15H2. The van der Waals surface area contributed by atoms with Gasteiger partial charge in [0.15, 0.2) is 6.61 Å². The van der Waals surface area contributed by atoms with Crippen LogP contribution >= 0.6 is 0 Å².